The van der Waals surface area contributed by atoms with E-state index in [9.17, 15) is 0 Å². The zero-order valence-corrected chi connectivity index (χ0v) is 16.7. The highest BCUT2D eigenvalue weighted by atomic mass is 35.5. The van der Waals surface area contributed by atoms with Crippen LogP contribution in [0.2, 0.25) is 5.02 Å². The third-order valence-corrected chi connectivity index (χ3v) is 5.57. The van der Waals surface area contributed by atoms with E-state index in [0.717, 1.165) is 41.1 Å². The van der Waals surface area contributed by atoms with E-state index in [-0.39, 0.29) is 0 Å². The minimum Gasteiger partial charge on any atom is -0.356 e. The molecule has 146 valence electrons. The van der Waals surface area contributed by atoms with E-state index in [1.54, 1.807) is 0 Å². The summed E-state index contributed by atoms with van der Waals surface area (Å²) in [6.07, 6.45) is 3.62. The van der Waals surface area contributed by atoms with Gasteiger partial charge in [-0.25, -0.2) is 4.98 Å². The van der Waals surface area contributed by atoms with Crippen LogP contribution in [0.1, 0.15) is 19.3 Å². The molecular formula is C22H21ClN6. The van der Waals surface area contributed by atoms with Crippen LogP contribution in [0.25, 0.3) is 22.2 Å². The SMILES string of the molecule is Clc1ccccc1-c1cc(N2CCCCC2)nc(Nc2n[nH]c3ccccc23)n1. The Morgan fingerprint density at radius 1 is 0.931 bits per heavy atom. The van der Waals surface area contributed by atoms with Crippen LogP contribution in [0.5, 0.6) is 0 Å². The molecule has 5 rings (SSSR count). The first kappa shape index (κ1) is 17.9. The number of fused-ring (bicyclic) bond motifs is 1. The molecule has 0 amide bonds. The van der Waals surface area contributed by atoms with Crippen LogP contribution in [0.15, 0.2) is 54.6 Å². The lowest BCUT2D eigenvalue weighted by molar-refractivity contribution is 0.573. The molecule has 1 aliphatic heterocycles. The Balaban J connectivity index is 1.58. The molecule has 2 aromatic heterocycles. The predicted molar refractivity (Wildman–Crippen MR) is 118 cm³/mol. The van der Waals surface area contributed by atoms with Gasteiger partial charge in [-0.1, -0.05) is 41.9 Å². The molecule has 0 bridgehead atoms. The van der Waals surface area contributed by atoms with Crippen molar-refractivity contribution < 1.29 is 0 Å². The van der Waals surface area contributed by atoms with Gasteiger partial charge in [-0.3, -0.25) is 5.10 Å². The second-order valence-electron chi connectivity index (χ2n) is 7.21. The van der Waals surface area contributed by atoms with Crippen LogP contribution in [-0.2, 0) is 0 Å². The largest absolute Gasteiger partial charge is 0.356 e. The molecule has 1 aliphatic rings. The van der Waals surface area contributed by atoms with E-state index in [1.807, 2.05) is 54.6 Å². The molecule has 0 atom stereocenters. The molecule has 6 nitrogen and oxygen atoms in total. The number of piperidine rings is 1. The first-order valence-electron chi connectivity index (χ1n) is 9.87. The Bertz CT molecular complexity index is 1150. The van der Waals surface area contributed by atoms with E-state index in [4.69, 9.17) is 21.6 Å². The predicted octanol–water partition coefficient (Wildman–Crippen LogP) is 5.41. The summed E-state index contributed by atoms with van der Waals surface area (Å²) in [6.45, 7) is 2.01. The van der Waals surface area contributed by atoms with Crippen molar-refractivity contribution in [2.24, 2.45) is 0 Å². The normalized spacial score (nSPS) is 14.3. The Morgan fingerprint density at radius 3 is 2.59 bits per heavy atom. The quantitative estimate of drug-likeness (QED) is 0.476. The van der Waals surface area contributed by atoms with Gasteiger partial charge in [0.1, 0.15) is 5.82 Å². The van der Waals surface area contributed by atoms with Crippen LogP contribution in [0.3, 0.4) is 0 Å². The maximum absolute atomic E-state index is 6.46. The summed E-state index contributed by atoms with van der Waals surface area (Å²) in [4.78, 5) is 11.9. The van der Waals surface area contributed by atoms with Gasteiger partial charge in [-0.2, -0.15) is 10.1 Å². The fourth-order valence-corrected chi connectivity index (χ4v) is 3.98. The van der Waals surface area contributed by atoms with E-state index in [2.05, 4.69) is 20.4 Å². The third-order valence-electron chi connectivity index (χ3n) is 5.24. The number of benzene rings is 2. The summed E-state index contributed by atoms with van der Waals surface area (Å²) >= 11 is 6.46. The number of hydrogen-bond donors (Lipinski definition) is 2. The number of nitrogens with one attached hydrogen (secondary N) is 2. The van der Waals surface area contributed by atoms with Crippen LogP contribution in [-0.4, -0.2) is 33.3 Å². The molecule has 0 spiro atoms. The molecule has 0 unspecified atom stereocenters. The summed E-state index contributed by atoms with van der Waals surface area (Å²) in [6, 6.07) is 17.8. The van der Waals surface area contributed by atoms with Gasteiger partial charge in [0.25, 0.3) is 0 Å². The van der Waals surface area contributed by atoms with Gasteiger partial charge < -0.3 is 10.2 Å². The van der Waals surface area contributed by atoms with Crippen molar-refractivity contribution in [3.63, 3.8) is 0 Å². The molecule has 1 saturated heterocycles. The third kappa shape index (κ3) is 3.63. The minimum absolute atomic E-state index is 0.514. The Morgan fingerprint density at radius 2 is 1.72 bits per heavy atom. The molecule has 0 saturated carbocycles. The number of para-hydroxylation sites is 1. The first-order valence-corrected chi connectivity index (χ1v) is 10.2. The fourth-order valence-electron chi connectivity index (χ4n) is 3.75. The maximum Gasteiger partial charge on any atom is 0.230 e. The number of anilines is 3. The van der Waals surface area contributed by atoms with Gasteiger partial charge in [-0.05, 0) is 37.5 Å². The van der Waals surface area contributed by atoms with Crippen molar-refractivity contribution in [3.8, 4) is 11.3 Å². The number of halogens is 1. The van der Waals surface area contributed by atoms with Crippen molar-refractivity contribution in [3.05, 3.63) is 59.6 Å². The number of H-pyrrole nitrogens is 1. The summed E-state index contributed by atoms with van der Waals surface area (Å²) in [5, 5.41) is 12.4. The van der Waals surface area contributed by atoms with Gasteiger partial charge in [0.2, 0.25) is 5.95 Å². The summed E-state index contributed by atoms with van der Waals surface area (Å²) in [5.41, 5.74) is 2.66. The molecule has 29 heavy (non-hydrogen) atoms. The summed E-state index contributed by atoms with van der Waals surface area (Å²) in [7, 11) is 0. The molecular weight excluding hydrogens is 384 g/mol. The number of aromatic amines is 1. The van der Waals surface area contributed by atoms with Crippen molar-refractivity contribution in [2.45, 2.75) is 19.3 Å². The molecule has 4 aromatic rings. The van der Waals surface area contributed by atoms with Crippen LogP contribution in [0.4, 0.5) is 17.6 Å². The molecule has 0 aliphatic carbocycles. The summed E-state index contributed by atoms with van der Waals surface area (Å²) < 4.78 is 0. The average Bonchev–Trinajstić information content (AvgIpc) is 3.17. The highest BCUT2D eigenvalue weighted by Crippen LogP contribution is 2.31. The Labute approximate surface area is 173 Å². The lowest BCUT2D eigenvalue weighted by atomic mass is 10.1. The lowest BCUT2D eigenvalue weighted by Gasteiger charge is -2.28. The number of hydrogen-bond acceptors (Lipinski definition) is 5. The molecule has 2 aromatic carbocycles. The number of nitrogens with zero attached hydrogens (tertiary/aromatic N) is 4. The zero-order valence-electron chi connectivity index (χ0n) is 15.9. The van der Waals surface area contributed by atoms with E-state index >= 15 is 0 Å². The van der Waals surface area contributed by atoms with Gasteiger partial charge in [0.05, 0.1) is 11.2 Å². The Kier molecular flexibility index (Phi) is 4.77. The molecule has 2 N–H and O–H groups in total. The van der Waals surface area contributed by atoms with Crippen molar-refractivity contribution in [2.75, 3.05) is 23.3 Å². The first-order chi connectivity index (χ1) is 14.3. The highest BCUT2D eigenvalue weighted by Gasteiger charge is 2.17. The fraction of sp³-hybridized carbons (Fsp3) is 0.227. The van der Waals surface area contributed by atoms with E-state index in [0.29, 0.717) is 16.8 Å². The number of aromatic nitrogens is 4. The zero-order chi connectivity index (χ0) is 19.6. The smallest absolute Gasteiger partial charge is 0.230 e. The molecule has 3 heterocycles. The van der Waals surface area contributed by atoms with Gasteiger partial charge in [0, 0.05) is 35.1 Å². The van der Waals surface area contributed by atoms with Gasteiger partial charge in [0.15, 0.2) is 5.82 Å². The topological polar surface area (TPSA) is 69.7 Å². The van der Waals surface area contributed by atoms with Crippen LogP contribution >= 0.6 is 11.6 Å². The standard InChI is InChI=1S/C22H21ClN6/c23-17-10-4-2-8-15(17)19-14-20(29-12-6-1-7-13-29)25-22(24-19)26-21-16-9-3-5-11-18(16)27-28-21/h2-5,8-11,14H,1,6-7,12-13H2,(H2,24,25,26,27,28). The van der Waals surface area contributed by atoms with Gasteiger partial charge in [-0.15, -0.1) is 0 Å². The van der Waals surface area contributed by atoms with Crippen LogP contribution in [0, 0.1) is 0 Å². The van der Waals surface area contributed by atoms with Crippen molar-refractivity contribution in [1.82, 2.24) is 20.2 Å². The molecule has 1 fully saturated rings. The minimum atomic E-state index is 0.514. The van der Waals surface area contributed by atoms with E-state index in [1.165, 1.54) is 19.3 Å². The average molecular weight is 405 g/mol. The Hall–Kier alpha value is -3.12. The molecule has 7 heteroatoms. The maximum atomic E-state index is 6.46. The second-order valence-corrected chi connectivity index (χ2v) is 7.61. The second kappa shape index (κ2) is 7.72. The lowest BCUT2D eigenvalue weighted by Crippen LogP contribution is -2.30. The number of rotatable bonds is 4. The van der Waals surface area contributed by atoms with Crippen molar-refractivity contribution in [1.29, 1.82) is 0 Å². The highest BCUT2D eigenvalue weighted by molar-refractivity contribution is 6.33. The summed E-state index contributed by atoms with van der Waals surface area (Å²) in [5.74, 6) is 2.14. The molecule has 0 radical (unpaired) electrons. The van der Waals surface area contributed by atoms with Gasteiger partial charge >= 0.3 is 0 Å². The van der Waals surface area contributed by atoms with Crippen LogP contribution < -0.4 is 10.2 Å². The monoisotopic (exact) mass is 404 g/mol. The van der Waals surface area contributed by atoms with E-state index < -0.39 is 0 Å². The van der Waals surface area contributed by atoms with Crippen molar-refractivity contribution >= 4 is 40.1 Å².